The van der Waals surface area contributed by atoms with Crippen LogP contribution in [-0.2, 0) is 14.4 Å². The van der Waals surface area contributed by atoms with E-state index < -0.39 is 36.9 Å². The molecule has 2 N–H and O–H groups in total. The van der Waals surface area contributed by atoms with Crippen molar-refractivity contribution in [3.8, 4) is 5.75 Å². The Morgan fingerprint density at radius 2 is 2.29 bits per heavy atom. The van der Waals surface area contributed by atoms with Gasteiger partial charge in [-0.1, -0.05) is 18.2 Å². The van der Waals surface area contributed by atoms with Crippen molar-refractivity contribution in [1.29, 1.82) is 0 Å². The van der Waals surface area contributed by atoms with E-state index in [0.717, 1.165) is 5.06 Å². The van der Waals surface area contributed by atoms with E-state index in [1.165, 1.54) is 0 Å². The van der Waals surface area contributed by atoms with Crippen LogP contribution in [-0.4, -0.2) is 65.3 Å². The Labute approximate surface area is 123 Å². The van der Waals surface area contributed by atoms with Gasteiger partial charge >= 0.3 is 0 Å². The Morgan fingerprint density at radius 1 is 1.52 bits per heavy atom. The van der Waals surface area contributed by atoms with Crippen molar-refractivity contribution in [2.24, 2.45) is 0 Å². The Bertz CT molecular complexity index is 543. The lowest BCUT2D eigenvalue weighted by Gasteiger charge is -2.39. The normalized spacial score (nSPS) is 35.4. The van der Waals surface area contributed by atoms with Gasteiger partial charge in [-0.3, -0.25) is 9.63 Å². The molecule has 0 saturated carbocycles. The van der Waals surface area contributed by atoms with Crippen LogP contribution in [0, 0.1) is 0 Å². The summed E-state index contributed by atoms with van der Waals surface area (Å²) in [6, 6.07) is 8.84. The average Bonchev–Trinajstić information content (AvgIpc) is 2.69. The summed E-state index contributed by atoms with van der Waals surface area (Å²) in [5, 5.41) is 20.5. The molecule has 2 saturated heterocycles. The van der Waals surface area contributed by atoms with Crippen molar-refractivity contribution in [2.75, 3.05) is 26.3 Å². The van der Waals surface area contributed by atoms with Crippen LogP contribution in [0.2, 0.25) is 0 Å². The Kier molecular flexibility index (Phi) is 3.48. The van der Waals surface area contributed by atoms with Gasteiger partial charge in [-0.25, -0.2) is 5.06 Å². The molecular weight excluding hydrogens is 278 g/mol. The number of hydroxylamine groups is 2. The topological polar surface area (TPSA) is 88.5 Å². The minimum absolute atomic E-state index is 0.159. The number of aliphatic hydroxyl groups excluding tert-OH is 2. The number of carbonyl (C=O) groups is 1. The van der Waals surface area contributed by atoms with Gasteiger partial charge in [-0.2, -0.15) is 0 Å². The van der Waals surface area contributed by atoms with Crippen LogP contribution < -0.4 is 4.74 Å². The number of amides is 1. The molecule has 7 heteroatoms. The fraction of sp³-hybridized carbons (Fsp3) is 0.500. The zero-order chi connectivity index (χ0) is 15.7. The first-order valence-corrected chi connectivity index (χ1v) is 6.60. The third-order valence-corrected chi connectivity index (χ3v) is 3.60. The molecule has 2 unspecified atom stereocenters. The van der Waals surface area contributed by atoms with E-state index in [2.05, 4.69) is 0 Å². The van der Waals surface area contributed by atoms with E-state index in [-0.39, 0.29) is 13.2 Å². The maximum absolute atomic E-state index is 12.2. The molecule has 2 fully saturated rings. The first-order valence-electron chi connectivity index (χ1n) is 7.17. The number of carbonyl (C=O) groups excluding carboxylic acids is 1. The van der Waals surface area contributed by atoms with Crippen LogP contribution in [0.3, 0.4) is 0 Å². The lowest BCUT2D eigenvalue weighted by molar-refractivity contribution is -0.258. The zero-order valence-electron chi connectivity index (χ0n) is 12.2. The van der Waals surface area contributed by atoms with Crippen molar-refractivity contribution in [3.63, 3.8) is 0 Å². The van der Waals surface area contributed by atoms with E-state index in [1.54, 1.807) is 24.3 Å². The largest absolute Gasteiger partial charge is 0.484 e. The molecule has 7 nitrogen and oxygen atoms in total. The number of benzene rings is 1. The summed E-state index contributed by atoms with van der Waals surface area (Å²) in [6.45, 7) is -2.08. The van der Waals surface area contributed by atoms with Gasteiger partial charge in [0, 0.05) is 0 Å². The lowest BCUT2D eigenvalue weighted by Crippen LogP contribution is -2.61. The number of rotatable bonds is 4. The first-order chi connectivity index (χ1) is 10.6. The summed E-state index contributed by atoms with van der Waals surface area (Å²) in [5.74, 6) is 0.0682. The van der Waals surface area contributed by atoms with Crippen LogP contribution in [0.5, 0.6) is 5.75 Å². The van der Waals surface area contributed by atoms with Gasteiger partial charge in [0.2, 0.25) is 0 Å². The molecule has 2 aliphatic rings. The highest BCUT2D eigenvalue weighted by Gasteiger charge is 2.56. The van der Waals surface area contributed by atoms with E-state index in [9.17, 15) is 15.0 Å². The van der Waals surface area contributed by atoms with Gasteiger partial charge in [0.15, 0.2) is 6.61 Å². The second-order valence-electron chi connectivity index (χ2n) is 5.02. The molecule has 1 amide bonds. The number of hydrogen-bond donors (Lipinski definition) is 2. The summed E-state index contributed by atoms with van der Waals surface area (Å²) >= 11 is 0. The number of fused-ring (bicyclic) bond motifs is 2. The number of aliphatic hydroxyl groups is 2. The maximum atomic E-state index is 12.2. The molecule has 1 aromatic carbocycles. The van der Waals surface area contributed by atoms with Gasteiger partial charge in [-0.15, -0.1) is 0 Å². The van der Waals surface area contributed by atoms with Crippen molar-refractivity contribution in [1.82, 2.24) is 5.06 Å². The molecule has 3 rings (SSSR count). The summed E-state index contributed by atoms with van der Waals surface area (Å²) in [6.07, 6.45) is -2.17. The number of ether oxygens (including phenoxy) is 2. The summed E-state index contributed by atoms with van der Waals surface area (Å²) in [7, 11) is 0. The Balaban J connectivity index is 1.65. The predicted octanol–water partition coefficient (Wildman–Crippen LogP) is -0.670. The monoisotopic (exact) mass is 297 g/mol. The highest BCUT2D eigenvalue weighted by Crippen LogP contribution is 2.34. The van der Waals surface area contributed by atoms with Gasteiger partial charge in [-0.05, 0) is 12.1 Å². The van der Waals surface area contributed by atoms with Gasteiger partial charge < -0.3 is 19.7 Å². The molecule has 0 aromatic heterocycles. The maximum Gasteiger partial charge on any atom is 0.284 e. The molecule has 2 aliphatic heterocycles. The minimum Gasteiger partial charge on any atom is -0.484 e. The zero-order valence-corrected chi connectivity index (χ0v) is 11.2. The van der Waals surface area contributed by atoms with Crippen LogP contribution >= 0.6 is 0 Å². The summed E-state index contributed by atoms with van der Waals surface area (Å²) in [5.41, 5.74) is -1.38. The quantitative estimate of drug-likeness (QED) is 0.766. The highest BCUT2D eigenvalue weighted by molar-refractivity contribution is 5.77. The summed E-state index contributed by atoms with van der Waals surface area (Å²) < 4.78 is 18.3. The molecule has 0 aliphatic carbocycles. The average molecular weight is 297 g/mol. The highest BCUT2D eigenvalue weighted by atomic mass is 16.7. The van der Waals surface area contributed by atoms with E-state index in [0.29, 0.717) is 5.75 Å². The summed E-state index contributed by atoms with van der Waals surface area (Å²) in [4.78, 5) is 17.5. The first kappa shape index (κ1) is 13.0. The molecule has 0 spiro atoms. The smallest absolute Gasteiger partial charge is 0.284 e. The van der Waals surface area contributed by atoms with Crippen molar-refractivity contribution < 1.29 is 30.7 Å². The Morgan fingerprint density at radius 3 is 3.00 bits per heavy atom. The third-order valence-electron chi connectivity index (χ3n) is 3.60. The molecule has 1 aromatic rings. The molecule has 2 bridgehead atoms. The van der Waals surface area contributed by atoms with Crippen LogP contribution in [0.25, 0.3) is 0 Å². The molecule has 114 valence electrons. The van der Waals surface area contributed by atoms with Gasteiger partial charge in [0.25, 0.3) is 5.91 Å². The van der Waals surface area contributed by atoms with Crippen molar-refractivity contribution in [2.45, 2.75) is 17.8 Å². The molecule has 4 atom stereocenters. The van der Waals surface area contributed by atoms with Crippen LogP contribution in [0.15, 0.2) is 30.3 Å². The SMILES string of the molecule is [3H]C1O[C@@]2(CO)CN(C(=O)COc3ccccc3)O[C@H]1C2O. The molecule has 2 heterocycles. The minimum atomic E-state index is -1.38. The van der Waals surface area contributed by atoms with Gasteiger partial charge in [0.1, 0.15) is 23.6 Å². The lowest BCUT2D eigenvalue weighted by atomic mass is 9.95. The number of nitrogens with zero attached hydrogens (tertiary/aromatic N) is 1. The number of hydrogen-bond acceptors (Lipinski definition) is 6. The van der Waals surface area contributed by atoms with E-state index >= 15 is 0 Å². The third kappa shape index (κ3) is 2.60. The second kappa shape index (κ2) is 5.61. The van der Waals surface area contributed by atoms with E-state index in [4.69, 9.17) is 15.7 Å². The van der Waals surface area contributed by atoms with Crippen LogP contribution in [0.1, 0.15) is 1.37 Å². The Hall–Kier alpha value is -1.67. The molecular formula is C14H17NO6. The van der Waals surface area contributed by atoms with Crippen molar-refractivity contribution >= 4 is 5.91 Å². The van der Waals surface area contributed by atoms with E-state index in [1.807, 2.05) is 6.07 Å². The molecule has 21 heavy (non-hydrogen) atoms. The van der Waals surface area contributed by atoms with Gasteiger partial charge in [0.05, 0.1) is 21.1 Å². The van der Waals surface area contributed by atoms with Crippen molar-refractivity contribution in [3.05, 3.63) is 30.3 Å². The number of para-hydroxylation sites is 1. The molecule has 0 radical (unpaired) electrons. The van der Waals surface area contributed by atoms with Crippen LogP contribution in [0.4, 0.5) is 0 Å². The second-order valence-corrected chi connectivity index (χ2v) is 5.02. The predicted molar refractivity (Wildman–Crippen MR) is 70.3 cm³/mol. The fourth-order valence-corrected chi connectivity index (χ4v) is 2.35. The fourth-order valence-electron chi connectivity index (χ4n) is 2.35. The standard InChI is InChI=1S/C14H17NO6/c16-9-14-8-15(21-11(6-20-14)13(14)18)12(17)7-19-10-4-2-1-3-5-10/h1-5,11,13,16,18H,6-9H2/t11-,13?,14-/m1/s1/i6T/t6?,11-,13?,14-.